The molecular formula is C12H17N5O3. The molecule has 1 unspecified atom stereocenters. The van der Waals surface area contributed by atoms with E-state index in [0.717, 1.165) is 0 Å². The molecule has 0 aromatic carbocycles. The molecule has 3 amide bonds. The van der Waals surface area contributed by atoms with Gasteiger partial charge < -0.3 is 10.6 Å². The van der Waals surface area contributed by atoms with Gasteiger partial charge in [-0.3, -0.25) is 24.4 Å². The van der Waals surface area contributed by atoms with Crippen LogP contribution in [0.5, 0.6) is 0 Å². The Hall–Kier alpha value is -2.22. The Morgan fingerprint density at radius 1 is 1.50 bits per heavy atom. The van der Waals surface area contributed by atoms with Gasteiger partial charge in [-0.25, -0.2) is 0 Å². The summed E-state index contributed by atoms with van der Waals surface area (Å²) in [6.45, 7) is 2.96. The first-order valence-corrected chi connectivity index (χ1v) is 6.13. The highest BCUT2D eigenvalue weighted by Gasteiger charge is 2.44. The third kappa shape index (κ3) is 2.29. The topological polar surface area (TPSA) is 110 Å². The van der Waals surface area contributed by atoms with Crippen molar-refractivity contribution in [1.29, 1.82) is 0 Å². The van der Waals surface area contributed by atoms with E-state index in [1.54, 1.807) is 27.1 Å². The fourth-order valence-corrected chi connectivity index (χ4v) is 2.05. The highest BCUT2D eigenvalue weighted by Crippen LogP contribution is 2.22. The summed E-state index contributed by atoms with van der Waals surface area (Å²) in [5.41, 5.74) is 5.32. The molecule has 8 heteroatoms. The fraction of sp³-hybridized carbons (Fsp3) is 0.500. The average Bonchev–Trinajstić information content (AvgIpc) is 2.79. The molecule has 0 saturated carbocycles. The van der Waals surface area contributed by atoms with Gasteiger partial charge in [-0.1, -0.05) is 0 Å². The normalized spacial score (nSPS) is 19.7. The van der Waals surface area contributed by atoms with Gasteiger partial charge in [0.1, 0.15) is 18.1 Å². The molecule has 0 radical (unpaired) electrons. The Kier molecular flexibility index (Phi) is 3.34. The summed E-state index contributed by atoms with van der Waals surface area (Å²) < 4.78 is 1.53. The molecule has 1 aliphatic rings. The lowest BCUT2D eigenvalue weighted by Gasteiger charge is -2.41. The standard InChI is InChI=1S/C12H17N5O3/c1-12(2)11(20)15-8(18)6-17(12)10(19)9(13)7-4-14-16(3)5-7/h4-5,9H,6,13H2,1-3H3,(H,15,18,20). The lowest BCUT2D eigenvalue weighted by molar-refractivity contribution is -0.156. The Morgan fingerprint density at radius 2 is 2.15 bits per heavy atom. The predicted molar refractivity (Wildman–Crippen MR) is 69.1 cm³/mol. The maximum absolute atomic E-state index is 12.4. The van der Waals surface area contributed by atoms with Gasteiger partial charge in [-0.2, -0.15) is 5.10 Å². The van der Waals surface area contributed by atoms with Gasteiger partial charge in [0.25, 0.3) is 5.91 Å². The third-order valence-electron chi connectivity index (χ3n) is 3.40. The molecule has 1 atom stereocenters. The molecule has 20 heavy (non-hydrogen) atoms. The van der Waals surface area contributed by atoms with Crippen LogP contribution in [0.2, 0.25) is 0 Å². The first-order valence-electron chi connectivity index (χ1n) is 6.13. The highest BCUT2D eigenvalue weighted by atomic mass is 16.2. The molecule has 1 fully saturated rings. The summed E-state index contributed by atoms with van der Waals surface area (Å²) in [6, 6.07) is -0.957. The van der Waals surface area contributed by atoms with E-state index in [4.69, 9.17) is 5.73 Å². The maximum Gasteiger partial charge on any atom is 0.252 e. The molecule has 0 spiro atoms. The molecule has 8 nitrogen and oxygen atoms in total. The van der Waals surface area contributed by atoms with Crippen molar-refractivity contribution >= 4 is 17.7 Å². The number of carbonyl (C=O) groups excluding carboxylic acids is 3. The number of nitrogens with one attached hydrogen (secondary N) is 1. The SMILES string of the molecule is Cn1cc(C(N)C(=O)N2CC(=O)NC(=O)C2(C)C)cn1. The van der Waals surface area contributed by atoms with Gasteiger partial charge in [0.05, 0.1) is 6.20 Å². The Labute approximate surface area is 115 Å². The molecule has 0 aliphatic carbocycles. The number of rotatable bonds is 2. The number of imide groups is 1. The monoisotopic (exact) mass is 279 g/mol. The summed E-state index contributed by atoms with van der Waals surface area (Å²) in [5, 5.41) is 6.16. The average molecular weight is 279 g/mol. The number of nitrogens with zero attached hydrogens (tertiary/aromatic N) is 3. The summed E-state index contributed by atoms with van der Waals surface area (Å²) in [4.78, 5) is 36.9. The molecule has 0 bridgehead atoms. The molecule has 1 saturated heterocycles. The molecule has 3 N–H and O–H groups in total. The first kappa shape index (κ1) is 14.2. The van der Waals surface area contributed by atoms with Crippen LogP contribution >= 0.6 is 0 Å². The zero-order valence-corrected chi connectivity index (χ0v) is 11.6. The Morgan fingerprint density at radius 3 is 2.70 bits per heavy atom. The number of hydrogen-bond donors (Lipinski definition) is 2. The Balaban J connectivity index is 2.27. The molecule has 108 valence electrons. The second kappa shape index (κ2) is 4.71. The zero-order chi connectivity index (χ0) is 15.1. The fourth-order valence-electron chi connectivity index (χ4n) is 2.05. The summed E-state index contributed by atoms with van der Waals surface area (Å²) in [6.07, 6.45) is 3.11. The highest BCUT2D eigenvalue weighted by molar-refractivity contribution is 6.06. The second-order valence-corrected chi connectivity index (χ2v) is 5.29. The number of amides is 3. The van der Waals surface area contributed by atoms with Crippen molar-refractivity contribution in [3.05, 3.63) is 18.0 Å². The van der Waals surface area contributed by atoms with Gasteiger partial charge in [0.15, 0.2) is 0 Å². The number of aryl methyl sites for hydroxylation is 1. The van der Waals surface area contributed by atoms with Crippen molar-refractivity contribution < 1.29 is 14.4 Å². The van der Waals surface area contributed by atoms with Gasteiger partial charge in [-0.05, 0) is 13.8 Å². The van der Waals surface area contributed by atoms with Crippen molar-refractivity contribution in [3.8, 4) is 0 Å². The van der Waals surface area contributed by atoms with Gasteiger partial charge >= 0.3 is 0 Å². The molecule has 2 rings (SSSR count). The number of aromatic nitrogens is 2. The van der Waals surface area contributed by atoms with E-state index in [0.29, 0.717) is 5.56 Å². The minimum Gasteiger partial charge on any atom is -0.318 e. The number of piperazine rings is 1. The Bertz CT molecular complexity index is 577. The van der Waals surface area contributed by atoms with Gasteiger partial charge in [0.2, 0.25) is 11.8 Å². The van der Waals surface area contributed by atoms with Crippen molar-refractivity contribution in [1.82, 2.24) is 20.0 Å². The minimum atomic E-state index is -1.12. The number of nitrogens with two attached hydrogens (primary N) is 1. The van der Waals surface area contributed by atoms with Crippen LogP contribution in [-0.2, 0) is 21.4 Å². The summed E-state index contributed by atoms with van der Waals surface area (Å²) in [7, 11) is 1.71. The van der Waals surface area contributed by atoms with E-state index in [-0.39, 0.29) is 6.54 Å². The van der Waals surface area contributed by atoms with Crippen molar-refractivity contribution in [2.75, 3.05) is 6.54 Å². The summed E-state index contributed by atoms with van der Waals surface area (Å²) in [5.74, 6) is -1.51. The van der Waals surface area contributed by atoms with Gasteiger partial charge in [-0.15, -0.1) is 0 Å². The van der Waals surface area contributed by atoms with E-state index < -0.39 is 29.3 Å². The summed E-state index contributed by atoms with van der Waals surface area (Å²) >= 11 is 0. The van der Waals surface area contributed by atoms with Crippen LogP contribution in [0.1, 0.15) is 25.5 Å². The van der Waals surface area contributed by atoms with E-state index in [1.807, 2.05) is 0 Å². The molecule has 1 aromatic rings. The van der Waals surface area contributed by atoms with Crippen LogP contribution in [0.3, 0.4) is 0 Å². The molecule has 1 aromatic heterocycles. The lowest BCUT2D eigenvalue weighted by atomic mass is 9.96. The number of hydrogen-bond acceptors (Lipinski definition) is 5. The molecule has 1 aliphatic heterocycles. The van der Waals surface area contributed by atoms with Crippen LogP contribution in [0.4, 0.5) is 0 Å². The van der Waals surface area contributed by atoms with Crippen LogP contribution in [0.25, 0.3) is 0 Å². The van der Waals surface area contributed by atoms with Crippen LogP contribution in [0, 0.1) is 0 Å². The smallest absolute Gasteiger partial charge is 0.252 e. The van der Waals surface area contributed by atoms with Crippen molar-refractivity contribution in [2.24, 2.45) is 12.8 Å². The van der Waals surface area contributed by atoms with Crippen molar-refractivity contribution in [3.63, 3.8) is 0 Å². The van der Waals surface area contributed by atoms with Gasteiger partial charge in [0, 0.05) is 18.8 Å². The van der Waals surface area contributed by atoms with Crippen molar-refractivity contribution in [2.45, 2.75) is 25.4 Å². The molecular weight excluding hydrogens is 262 g/mol. The first-order chi connectivity index (χ1) is 9.23. The second-order valence-electron chi connectivity index (χ2n) is 5.29. The predicted octanol–water partition coefficient (Wildman–Crippen LogP) is -1.32. The quantitative estimate of drug-likeness (QED) is 0.653. The molecule has 2 heterocycles. The lowest BCUT2D eigenvalue weighted by Crippen LogP contribution is -2.66. The third-order valence-corrected chi connectivity index (χ3v) is 3.40. The maximum atomic E-state index is 12.4. The van der Waals surface area contributed by atoms with E-state index in [9.17, 15) is 14.4 Å². The van der Waals surface area contributed by atoms with E-state index >= 15 is 0 Å². The van der Waals surface area contributed by atoms with E-state index in [2.05, 4.69) is 10.4 Å². The van der Waals surface area contributed by atoms with Crippen LogP contribution in [0.15, 0.2) is 12.4 Å². The minimum absolute atomic E-state index is 0.189. The van der Waals surface area contributed by atoms with Crippen LogP contribution in [-0.4, -0.2) is 44.5 Å². The largest absolute Gasteiger partial charge is 0.318 e. The van der Waals surface area contributed by atoms with Crippen LogP contribution < -0.4 is 11.1 Å². The van der Waals surface area contributed by atoms with E-state index in [1.165, 1.54) is 15.8 Å². The zero-order valence-electron chi connectivity index (χ0n) is 11.6. The number of carbonyl (C=O) groups is 3.